The van der Waals surface area contributed by atoms with Gasteiger partial charge in [-0.25, -0.2) is 0 Å². The predicted molar refractivity (Wildman–Crippen MR) is 64.5 cm³/mol. The first-order chi connectivity index (χ1) is 8.11. The van der Waals surface area contributed by atoms with Gasteiger partial charge in [0.05, 0.1) is 19.1 Å². The Morgan fingerprint density at radius 1 is 1.59 bits per heavy atom. The number of rotatable bonds is 5. The minimum absolute atomic E-state index is 0.174. The molecule has 1 aromatic carbocycles. The zero-order valence-electron chi connectivity index (χ0n) is 10.1. The molecule has 4 heteroatoms. The molecule has 0 bridgehead atoms. The predicted octanol–water partition coefficient (Wildman–Crippen LogP) is 1.79. The Morgan fingerprint density at radius 3 is 3.00 bits per heavy atom. The summed E-state index contributed by atoms with van der Waals surface area (Å²) in [6.07, 6.45) is 0.250. The van der Waals surface area contributed by atoms with Crippen LogP contribution in [-0.4, -0.2) is 18.6 Å². The summed E-state index contributed by atoms with van der Waals surface area (Å²) in [5, 5.41) is 11.1. The maximum absolute atomic E-state index is 11.3. The van der Waals surface area contributed by atoms with Crippen molar-refractivity contribution in [1.82, 2.24) is 5.32 Å². The summed E-state index contributed by atoms with van der Waals surface area (Å²) in [6, 6.07) is 9.13. The van der Waals surface area contributed by atoms with Crippen LogP contribution in [0.2, 0.25) is 0 Å². The lowest BCUT2D eigenvalue weighted by Crippen LogP contribution is -2.32. The van der Waals surface area contributed by atoms with Crippen molar-refractivity contribution in [3.63, 3.8) is 0 Å². The molecule has 17 heavy (non-hydrogen) atoms. The van der Waals surface area contributed by atoms with Gasteiger partial charge in [-0.1, -0.05) is 12.1 Å². The van der Waals surface area contributed by atoms with E-state index in [-0.39, 0.29) is 12.3 Å². The molecule has 0 heterocycles. The number of nitrogens with zero attached hydrogens (tertiary/aromatic N) is 1. The average Bonchev–Trinajstić information content (AvgIpc) is 2.29. The van der Waals surface area contributed by atoms with Crippen molar-refractivity contribution in [2.75, 3.05) is 6.61 Å². The van der Waals surface area contributed by atoms with Crippen LogP contribution in [0, 0.1) is 18.3 Å². The molecule has 4 nitrogen and oxygen atoms in total. The number of hydrogen-bond acceptors (Lipinski definition) is 3. The van der Waals surface area contributed by atoms with Crippen LogP contribution in [0.5, 0.6) is 5.75 Å². The molecule has 1 aromatic rings. The molecule has 1 atom stereocenters. The molecular weight excluding hydrogens is 216 g/mol. The Hall–Kier alpha value is -2.02. The fourth-order valence-electron chi connectivity index (χ4n) is 1.31. The van der Waals surface area contributed by atoms with E-state index in [0.29, 0.717) is 6.61 Å². The monoisotopic (exact) mass is 232 g/mol. The van der Waals surface area contributed by atoms with Gasteiger partial charge in [0.25, 0.3) is 0 Å². The zero-order valence-corrected chi connectivity index (χ0v) is 10.1. The van der Waals surface area contributed by atoms with E-state index in [0.717, 1.165) is 11.3 Å². The van der Waals surface area contributed by atoms with Crippen LogP contribution >= 0.6 is 0 Å². The lowest BCUT2D eigenvalue weighted by atomic mass is 10.2. The second kappa shape index (κ2) is 6.54. The van der Waals surface area contributed by atoms with Gasteiger partial charge in [-0.15, -0.1) is 0 Å². The SMILES string of the molecule is Cc1cccc(OCCC(=O)NC(C)C#N)c1. The minimum atomic E-state index is -0.457. The third-order valence-electron chi connectivity index (χ3n) is 2.16. The van der Waals surface area contributed by atoms with Crippen LogP contribution in [0.25, 0.3) is 0 Å². The average molecular weight is 232 g/mol. The van der Waals surface area contributed by atoms with Crippen molar-refractivity contribution < 1.29 is 9.53 Å². The standard InChI is InChI=1S/C13H16N2O2/c1-10-4-3-5-12(8-10)17-7-6-13(16)15-11(2)9-14/h3-5,8,11H,6-7H2,1-2H3,(H,15,16). The van der Waals surface area contributed by atoms with Crippen molar-refractivity contribution in [1.29, 1.82) is 5.26 Å². The maximum atomic E-state index is 11.3. The molecular formula is C13H16N2O2. The number of amides is 1. The van der Waals surface area contributed by atoms with Crippen LogP contribution in [0.15, 0.2) is 24.3 Å². The first-order valence-corrected chi connectivity index (χ1v) is 5.50. The highest BCUT2D eigenvalue weighted by Crippen LogP contribution is 2.12. The van der Waals surface area contributed by atoms with Crippen molar-refractivity contribution >= 4 is 5.91 Å². The maximum Gasteiger partial charge on any atom is 0.224 e. The molecule has 1 N–H and O–H groups in total. The number of nitrogens with one attached hydrogen (secondary N) is 1. The van der Waals surface area contributed by atoms with E-state index in [1.807, 2.05) is 37.3 Å². The van der Waals surface area contributed by atoms with Crippen molar-refractivity contribution in [2.45, 2.75) is 26.3 Å². The largest absolute Gasteiger partial charge is 0.493 e. The van der Waals surface area contributed by atoms with Gasteiger partial charge in [-0.2, -0.15) is 5.26 Å². The smallest absolute Gasteiger partial charge is 0.224 e. The third-order valence-corrected chi connectivity index (χ3v) is 2.16. The second-order valence-corrected chi connectivity index (χ2v) is 3.83. The van der Waals surface area contributed by atoms with Crippen LogP contribution in [-0.2, 0) is 4.79 Å². The topological polar surface area (TPSA) is 62.1 Å². The molecule has 90 valence electrons. The first-order valence-electron chi connectivity index (χ1n) is 5.50. The lowest BCUT2D eigenvalue weighted by molar-refractivity contribution is -0.121. The zero-order chi connectivity index (χ0) is 12.7. The van der Waals surface area contributed by atoms with Crippen molar-refractivity contribution in [2.24, 2.45) is 0 Å². The number of carbonyl (C=O) groups is 1. The van der Waals surface area contributed by atoms with Gasteiger partial charge in [0, 0.05) is 0 Å². The highest BCUT2D eigenvalue weighted by Gasteiger charge is 2.05. The molecule has 1 rings (SSSR count). The van der Waals surface area contributed by atoms with E-state index < -0.39 is 6.04 Å². The number of hydrogen-bond donors (Lipinski definition) is 1. The van der Waals surface area contributed by atoms with Crippen LogP contribution in [0.4, 0.5) is 0 Å². The van der Waals surface area contributed by atoms with Gasteiger partial charge in [0.1, 0.15) is 11.8 Å². The molecule has 0 saturated carbocycles. The Kier molecular flexibility index (Phi) is 5.02. The molecule has 0 aliphatic heterocycles. The molecule has 0 aliphatic carbocycles. The van der Waals surface area contributed by atoms with Gasteiger partial charge in [-0.3, -0.25) is 4.79 Å². The molecule has 0 fully saturated rings. The summed E-state index contributed by atoms with van der Waals surface area (Å²) < 4.78 is 5.43. The quantitative estimate of drug-likeness (QED) is 0.841. The van der Waals surface area contributed by atoms with Crippen LogP contribution < -0.4 is 10.1 Å². The Labute approximate surface area is 101 Å². The van der Waals surface area contributed by atoms with Gasteiger partial charge in [-0.05, 0) is 31.5 Å². The lowest BCUT2D eigenvalue weighted by Gasteiger charge is -2.08. The summed E-state index contributed by atoms with van der Waals surface area (Å²) in [4.78, 5) is 11.3. The molecule has 0 spiro atoms. The van der Waals surface area contributed by atoms with E-state index in [2.05, 4.69) is 5.32 Å². The van der Waals surface area contributed by atoms with Crippen molar-refractivity contribution in [3.8, 4) is 11.8 Å². The highest BCUT2D eigenvalue weighted by molar-refractivity contribution is 5.76. The van der Waals surface area contributed by atoms with Gasteiger partial charge < -0.3 is 10.1 Å². The molecule has 0 radical (unpaired) electrons. The first kappa shape index (κ1) is 13.0. The highest BCUT2D eigenvalue weighted by atomic mass is 16.5. The number of carbonyl (C=O) groups excluding carboxylic acids is 1. The molecule has 1 amide bonds. The van der Waals surface area contributed by atoms with Crippen LogP contribution in [0.1, 0.15) is 18.9 Å². The summed E-state index contributed by atoms with van der Waals surface area (Å²) in [7, 11) is 0. The van der Waals surface area contributed by atoms with Gasteiger partial charge >= 0.3 is 0 Å². The number of benzene rings is 1. The summed E-state index contributed by atoms with van der Waals surface area (Å²) in [6.45, 7) is 3.93. The summed E-state index contributed by atoms with van der Waals surface area (Å²) in [5.74, 6) is 0.581. The minimum Gasteiger partial charge on any atom is -0.493 e. The number of nitriles is 1. The van der Waals surface area contributed by atoms with E-state index in [9.17, 15) is 4.79 Å². The van der Waals surface area contributed by atoms with Crippen LogP contribution in [0.3, 0.4) is 0 Å². The summed E-state index contributed by atoms with van der Waals surface area (Å²) >= 11 is 0. The van der Waals surface area contributed by atoms with E-state index in [1.54, 1.807) is 6.92 Å². The molecule has 0 aliphatic rings. The van der Waals surface area contributed by atoms with E-state index in [4.69, 9.17) is 10.00 Å². The van der Waals surface area contributed by atoms with E-state index >= 15 is 0 Å². The molecule has 0 saturated heterocycles. The second-order valence-electron chi connectivity index (χ2n) is 3.83. The van der Waals surface area contributed by atoms with E-state index in [1.165, 1.54) is 0 Å². The normalized spacial score (nSPS) is 11.4. The number of aryl methyl sites for hydroxylation is 1. The van der Waals surface area contributed by atoms with Crippen molar-refractivity contribution in [3.05, 3.63) is 29.8 Å². The Morgan fingerprint density at radius 2 is 2.35 bits per heavy atom. The Balaban J connectivity index is 2.29. The summed E-state index contributed by atoms with van der Waals surface area (Å²) in [5.41, 5.74) is 1.12. The fraction of sp³-hybridized carbons (Fsp3) is 0.385. The molecule has 1 unspecified atom stereocenters. The third kappa shape index (κ3) is 5.03. The number of ether oxygens (including phenoxy) is 1. The van der Waals surface area contributed by atoms with Gasteiger partial charge in [0.15, 0.2) is 0 Å². The fourth-order valence-corrected chi connectivity index (χ4v) is 1.31. The van der Waals surface area contributed by atoms with Gasteiger partial charge in [0.2, 0.25) is 5.91 Å². The molecule has 0 aromatic heterocycles. The Bertz CT molecular complexity index is 424.